The Morgan fingerprint density at radius 3 is 2.37 bits per heavy atom. The minimum atomic E-state index is -4.02. The first kappa shape index (κ1) is 41.9. The molecule has 0 unspecified atom stereocenters. The standard InChI is InChI=1S/C43H55N7O8S/c1-7-50-39(53)33-15-11-10-14-32(33)38(46-50)58-31-23-34-37(52)45-43(41(55)47-59(56,57)42(4)20-21-42)24-29(43)13-9-8-12-26(2)22-27(3)35(40(54)49(34)25-31)44-36(51)28-16-18-30(19-17-28)48(5)6/h9-11,13-19,26-27,29,31,34-35H,7-8,12,20-25H2,1-6H3,(H,44,51)(H,45,52)(H,47,55)/t26-,27+,29+,31+,34-,35-,43+/m0/s1. The van der Waals surface area contributed by atoms with Crippen LogP contribution in [0.2, 0.25) is 0 Å². The molecule has 2 aliphatic carbocycles. The first-order valence-electron chi connectivity index (χ1n) is 20.6. The van der Waals surface area contributed by atoms with E-state index < -0.39 is 68.0 Å². The van der Waals surface area contributed by atoms with E-state index in [2.05, 4.69) is 27.4 Å². The van der Waals surface area contributed by atoms with Crippen molar-refractivity contribution in [3.63, 3.8) is 0 Å². The lowest BCUT2D eigenvalue weighted by Gasteiger charge is -2.33. The van der Waals surface area contributed by atoms with Gasteiger partial charge in [-0.15, -0.1) is 5.10 Å². The van der Waals surface area contributed by atoms with E-state index in [0.29, 0.717) is 42.0 Å². The third kappa shape index (κ3) is 8.32. The van der Waals surface area contributed by atoms with Crippen LogP contribution in [0.3, 0.4) is 0 Å². The van der Waals surface area contributed by atoms with E-state index in [9.17, 15) is 27.6 Å². The molecule has 0 spiro atoms. The van der Waals surface area contributed by atoms with Gasteiger partial charge in [0, 0.05) is 44.2 Å². The summed E-state index contributed by atoms with van der Waals surface area (Å²) in [6.45, 7) is 7.59. The van der Waals surface area contributed by atoms with Crippen molar-refractivity contribution >= 4 is 50.1 Å². The van der Waals surface area contributed by atoms with Gasteiger partial charge in [0.2, 0.25) is 27.7 Å². The summed E-state index contributed by atoms with van der Waals surface area (Å²) in [4.78, 5) is 74.0. The van der Waals surface area contributed by atoms with Gasteiger partial charge in [-0.05, 0) is 101 Å². The van der Waals surface area contributed by atoms with Gasteiger partial charge >= 0.3 is 0 Å². The van der Waals surface area contributed by atoms with Gasteiger partial charge in [-0.3, -0.25) is 28.7 Å². The van der Waals surface area contributed by atoms with Crippen LogP contribution in [0.5, 0.6) is 5.88 Å². The monoisotopic (exact) mass is 829 g/mol. The zero-order valence-electron chi connectivity index (χ0n) is 34.6. The summed E-state index contributed by atoms with van der Waals surface area (Å²) >= 11 is 0. The van der Waals surface area contributed by atoms with Crippen molar-refractivity contribution < 1.29 is 32.3 Å². The Bertz CT molecular complexity index is 2340. The highest BCUT2D eigenvalue weighted by Gasteiger charge is 2.63. The van der Waals surface area contributed by atoms with Gasteiger partial charge in [0.05, 0.1) is 22.1 Å². The lowest BCUT2D eigenvalue weighted by atomic mass is 9.87. The number of allylic oxidation sites excluding steroid dienone is 1. The number of amides is 4. The largest absolute Gasteiger partial charge is 0.471 e. The highest BCUT2D eigenvalue weighted by atomic mass is 32.2. The molecular formula is C43H55N7O8S. The molecule has 3 aromatic rings. The number of fused-ring (bicyclic) bond motifs is 3. The van der Waals surface area contributed by atoms with E-state index in [-0.39, 0.29) is 49.2 Å². The van der Waals surface area contributed by atoms with E-state index in [1.165, 1.54) is 9.58 Å². The van der Waals surface area contributed by atoms with Crippen LogP contribution in [0.4, 0.5) is 5.69 Å². The first-order chi connectivity index (χ1) is 28.0. The summed E-state index contributed by atoms with van der Waals surface area (Å²) in [6, 6.07) is 11.8. The number of benzene rings is 2. The molecule has 3 heterocycles. The molecule has 316 valence electrons. The number of rotatable bonds is 9. The topological polar surface area (TPSA) is 189 Å². The molecular weight excluding hydrogens is 775 g/mol. The minimum absolute atomic E-state index is 0.00907. The molecule has 4 amide bonds. The van der Waals surface area contributed by atoms with Crippen LogP contribution >= 0.6 is 0 Å². The maximum absolute atomic E-state index is 15.0. The molecule has 1 aromatic heterocycles. The predicted octanol–water partition coefficient (Wildman–Crippen LogP) is 3.52. The van der Waals surface area contributed by atoms with Crippen LogP contribution in [-0.4, -0.2) is 95.8 Å². The number of carbonyl (C=O) groups is 4. The van der Waals surface area contributed by atoms with Gasteiger partial charge < -0.3 is 25.2 Å². The van der Waals surface area contributed by atoms with Gasteiger partial charge in [-0.2, -0.15) is 0 Å². The fourth-order valence-corrected chi connectivity index (χ4v) is 9.71. The number of aryl methyl sites for hydroxylation is 1. The third-order valence-corrected chi connectivity index (χ3v) is 14.8. The predicted molar refractivity (Wildman–Crippen MR) is 223 cm³/mol. The van der Waals surface area contributed by atoms with Crippen molar-refractivity contribution in [2.45, 2.75) is 108 Å². The molecule has 3 fully saturated rings. The Labute approximate surface area is 345 Å². The van der Waals surface area contributed by atoms with Crippen molar-refractivity contribution in [1.29, 1.82) is 0 Å². The highest BCUT2D eigenvalue weighted by Crippen LogP contribution is 2.47. The van der Waals surface area contributed by atoms with Gasteiger partial charge in [-0.25, -0.2) is 13.1 Å². The molecule has 2 aliphatic heterocycles. The van der Waals surface area contributed by atoms with E-state index in [0.717, 1.165) is 12.1 Å². The number of nitrogens with one attached hydrogen (secondary N) is 3. The first-order valence-corrected chi connectivity index (χ1v) is 22.1. The summed E-state index contributed by atoms with van der Waals surface area (Å²) in [5.41, 5.74) is -0.565. The van der Waals surface area contributed by atoms with Crippen molar-refractivity contribution in [3.05, 3.63) is 76.6 Å². The number of anilines is 1. The number of carbonyl (C=O) groups excluding carboxylic acids is 4. The van der Waals surface area contributed by atoms with E-state index in [1.54, 1.807) is 50.2 Å². The van der Waals surface area contributed by atoms with Crippen LogP contribution in [0.1, 0.15) is 83.0 Å². The number of aromatic nitrogens is 2. The molecule has 7 rings (SSSR count). The lowest BCUT2D eigenvalue weighted by Crippen LogP contribution is -2.59. The Balaban J connectivity index is 1.25. The second kappa shape index (κ2) is 16.1. The SMILES string of the molecule is CCn1nc(O[C@@H]2C[C@H]3C(=O)N[C@]4(C(=O)NS(=O)(=O)C5(C)CC5)C[C@H]4C=CCC[C@H](C)C[C@@H](C)[C@H](NC(=O)c4ccc(N(C)C)cc4)C(=O)N3C2)c2ccccc2c1=O. The summed E-state index contributed by atoms with van der Waals surface area (Å²) in [7, 11) is -0.224. The number of sulfonamides is 1. The average Bonchev–Trinajstić information content (AvgIpc) is 4.09. The van der Waals surface area contributed by atoms with Gasteiger partial charge in [0.1, 0.15) is 23.7 Å². The van der Waals surface area contributed by atoms with Gasteiger partial charge in [-0.1, -0.05) is 38.1 Å². The fourth-order valence-electron chi connectivity index (χ4n) is 8.40. The molecule has 3 N–H and O–H groups in total. The number of nitrogens with zero attached hydrogens (tertiary/aromatic N) is 4. The summed E-state index contributed by atoms with van der Waals surface area (Å²) in [5.74, 6) is -2.91. The molecule has 2 saturated carbocycles. The van der Waals surface area contributed by atoms with Crippen LogP contribution in [0.25, 0.3) is 10.8 Å². The zero-order valence-corrected chi connectivity index (χ0v) is 35.4. The average molecular weight is 830 g/mol. The Hall–Kier alpha value is -5.25. The van der Waals surface area contributed by atoms with Crippen LogP contribution in [0, 0.1) is 17.8 Å². The van der Waals surface area contributed by atoms with Crippen molar-refractivity contribution in [3.8, 4) is 5.88 Å². The lowest BCUT2D eigenvalue weighted by molar-refractivity contribution is -0.142. The Kier molecular flexibility index (Phi) is 11.4. The fraction of sp³-hybridized carbons (Fsp3) is 0.535. The molecule has 0 bridgehead atoms. The van der Waals surface area contributed by atoms with Crippen LogP contribution < -0.4 is 30.6 Å². The molecule has 2 aromatic carbocycles. The zero-order chi connectivity index (χ0) is 42.4. The Morgan fingerprint density at radius 1 is 1.02 bits per heavy atom. The maximum atomic E-state index is 15.0. The second-order valence-electron chi connectivity index (χ2n) is 17.3. The number of hydrogen-bond acceptors (Lipinski definition) is 10. The summed E-state index contributed by atoms with van der Waals surface area (Å²) in [6.07, 6.45) is 6.08. The molecule has 1 saturated heterocycles. The normalized spacial score (nSPS) is 28.0. The van der Waals surface area contributed by atoms with Crippen molar-refractivity contribution in [2.24, 2.45) is 17.8 Å². The smallest absolute Gasteiger partial charge is 0.274 e. The highest BCUT2D eigenvalue weighted by molar-refractivity contribution is 7.91. The molecule has 15 nitrogen and oxygen atoms in total. The molecule has 59 heavy (non-hydrogen) atoms. The number of hydrogen-bond donors (Lipinski definition) is 3. The molecule has 0 radical (unpaired) electrons. The quantitative estimate of drug-likeness (QED) is 0.270. The van der Waals surface area contributed by atoms with E-state index in [4.69, 9.17) is 4.74 Å². The minimum Gasteiger partial charge on any atom is -0.471 e. The molecule has 16 heteroatoms. The van der Waals surface area contributed by atoms with E-state index >= 15 is 4.79 Å². The second-order valence-corrected chi connectivity index (χ2v) is 19.5. The van der Waals surface area contributed by atoms with E-state index in [1.807, 2.05) is 50.2 Å². The van der Waals surface area contributed by atoms with Crippen LogP contribution in [0.15, 0.2) is 65.5 Å². The van der Waals surface area contributed by atoms with Crippen LogP contribution in [-0.2, 0) is 31.0 Å². The Morgan fingerprint density at radius 2 is 1.71 bits per heavy atom. The third-order valence-electron chi connectivity index (χ3n) is 12.6. The maximum Gasteiger partial charge on any atom is 0.274 e. The summed E-state index contributed by atoms with van der Waals surface area (Å²) < 4.78 is 35.5. The number of ether oxygens (including phenoxy) is 1. The van der Waals surface area contributed by atoms with Crippen molar-refractivity contribution in [2.75, 3.05) is 25.5 Å². The van der Waals surface area contributed by atoms with Crippen molar-refractivity contribution in [1.82, 2.24) is 30.0 Å². The van der Waals surface area contributed by atoms with Gasteiger partial charge in [0.25, 0.3) is 17.4 Å². The summed E-state index contributed by atoms with van der Waals surface area (Å²) in [5, 5.41) is 11.3. The molecule has 7 atom stereocenters. The molecule has 4 aliphatic rings. The van der Waals surface area contributed by atoms with Gasteiger partial charge in [0.15, 0.2) is 0 Å².